The van der Waals surface area contributed by atoms with E-state index in [1.165, 1.54) is 6.92 Å². The van der Waals surface area contributed by atoms with Gasteiger partial charge in [-0.1, -0.05) is 0 Å². The van der Waals surface area contributed by atoms with Crippen LogP contribution < -0.4 is 5.32 Å². The van der Waals surface area contributed by atoms with E-state index in [0.717, 1.165) is 6.42 Å². The Bertz CT molecular complexity index is 230. The van der Waals surface area contributed by atoms with Gasteiger partial charge in [0.25, 0.3) is 0 Å². The Morgan fingerprint density at radius 1 is 1.53 bits per heavy atom. The smallest absolute Gasteiger partial charge is 0.341 e. The molecule has 1 heterocycles. The average molecular weight is 224 g/mol. The molecule has 0 aromatic rings. The number of piperidine rings is 1. The van der Waals surface area contributed by atoms with Crippen molar-refractivity contribution in [3.63, 3.8) is 0 Å². The quantitative estimate of drug-likeness (QED) is 0.763. The van der Waals surface area contributed by atoms with Crippen molar-refractivity contribution < 1.29 is 18.0 Å². The van der Waals surface area contributed by atoms with E-state index in [-0.39, 0.29) is 11.9 Å². The van der Waals surface area contributed by atoms with E-state index in [9.17, 15) is 18.0 Å². The summed E-state index contributed by atoms with van der Waals surface area (Å²) in [6.45, 7) is 1.49. The van der Waals surface area contributed by atoms with Crippen LogP contribution in [0, 0.1) is 0 Å². The van der Waals surface area contributed by atoms with Crippen molar-refractivity contribution in [1.29, 1.82) is 0 Å². The van der Waals surface area contributed by atoms with Crippen LogP contribution in [0.4, 0.5) is 13.2 Å². The molecule has 1 rings (SSSR count). The Morgan fingerprint density at radius 3 is 2.73 bits per heavy atom. The van der Waals surface area contributed by atoms with Gasteiger partial charge in [0, 0.05) is 26.1 Å². The number of rotatable bonds is 2. The summed E-state index contributed by atoms with van der Waals surface area (Å²) in [5, 5.41) is 2.43. The Labute approximate surface area is 86.6 Å². The molecule has 1 saturated heterocycles. The standard InChI is InChI=1S/C9H15F3N2O/c1-7(15)14-4-2-3-8(5-14)13-6-9(10,11)12/h8,13H,2-6H2,1H3. The number of alkyl halides is 3. The lowest BCUT2D eigenvalue weighted by Crippen LogP contribution is -2.49. The van der Waals surface area contributed by atoms with Crippen molar-refractivity contribution in [1.82, 2.24) is 10.2 Å². The van der Waals surface area contributed by atoms with Crippen molar-refractivity contribution in [2.45, 2.75) is 32.0 Å². The largest absolute Gasteiger partial charge is 0.401 e. The third-order valence-corrected chi connectivity index (χ3v) is 2.46. The van der Waals surface area contributed by atoms with Gasteiger partial charge in [0.15, 0.2) is 0 Å². The molecule has 88 valence electrons. The zero-order chi connectivity index (χ0) is 11.5. The third-order valence-electron chi connectivity index (χ3n) is 2.46. The summed E-state index contributed by atoms with van der Waals surface area (Å²) in [5.41, 5.74) is 0. The van der Waals surface area contributed by atoms with Gasteiger partial charge in [-0.2, -0.15) is 13.2 Å². The van der Waals surface area contributed by atoms with Gasteiger partial charge in [-0.3, -0.25) is 4.79 Å². The first kappa shape index (κ1) is 12.3. The van der Waals surface area contributed by atoms with Crippen LogP contribution in [0.15, 0.2) is 0 Å². The lowest BCUT2D eigenvalue weighted by molar-refractivity contribution is -0.132. The van der Waals surface area contributed by atoms with Crippen LogP contribution in [0.3, 0.4) is 0 Å². The van der Waals surface area contributed by atoms with Gasteiger partial charge in [0.05, 0.1) is 6.54 Å². The second kappa shape index (κ2) is 4.83. The van der Waals surface area contributed by atoms with Crippen LogP contribution in [0.1, 0.15) is 19.8 Å². The molecule has 0 bridgehead atoms. The Kier molecular flexibility index (Phi) is 3.96. The fraction of sp³-hybridized carbons (Fsp3) is 0.889. The first-order valence-corrected chi connectivity index (χ1v) is 4.94. The second-order valence-electron chi connectivity index (χ2n) is 3.80. The normalized spacial score (nSPS) is 22.9. The minimum absolute atomic E-state index is 0.0755. The van der Waals surface area contributed by atoms with Crippen LogP contribution in [-0.4, -0.2) is 42.7 Å². The highest BCUT2D eigenvalue weighted by Crippen LogP contribution is 2.15. The number of carbonyl (C=O) groups excluding carboxylic acids is 1. The van der Waals surface area contributed by atoms with Crippen LogP contribution >= 0.6 is 0 Å². The van der Waals surface area contributed by atoms with Gasteiger partial charge in [0.1, 0.15) is 0 Å². The maximum absolute atomic E-state index is 11.9. The highest BCUT2D eigenvalue weighted by molar-refractivity contribution is 5.73. The molecule has 0 spiro atoms. The molecule has 0 radical (unpaired) electrons. The number of halogens is 3. The van der Waals surface area contributed by atoms with Crippen LogP contribution in [0.25, 0.3) is 0 Å². The molecular weight excluding hydrogens is 209 g/mol. The molecule has 1 atom stereocenters. The first-order valence-electron chi connectivity index (χ1n) is 4.94. The zero-order valence-electron chi connectivity index (χ0n) is 8.60. The molecule has 1 unspecified atom stereocenters. The van der Waals surface area contributed by atoms with Gasteiger partial charge in [-0.25, -0.2) is 0 Å². The zero-order valence-corrected chi connectivity index (χ0v) is 8.60. The van der Waals surface area contributed by atoms with Gasteiger partial charge in [-0.05, 0) is 12.8 Å². The van der Waals surface area contributed by atoms with Crippen LogP contribution in [0.5, 0.6) is 0 Å². The molecule has 1 fully saturated rings. The summed E-state index contributed by atoms with van der Waals surface area (Å²) in [4.78, 5) is 12.6. The van der Waals surface area contributed by atoms with E-state index in [2.05, 4.69) is 5.32 Å². The number of hydrogen-bond acceptors (Lipinski definition) is 2. The molecule has 1 amide bonds. The van der Waals surface area contributed by atoms with E-state index < -0.39 is 12.7 Å². The van der Waals surface area contributed by atoms with Crippen molar-refractivity contribution in [3.8, 4) is 0 Å². The van der Waals surface area contributed by atoms with E-state index in [1.54, 1.807) is 4.90 Å². The molecule has 6 heteroatoms. The molecule has 0 saturated carbocycles. The fourth-order valence-electron chi connectivity index (χ4n) is 1.69. The van der Waals surface area contributed by atoms with E-state index >= 15 is 0 Å². The number of nitrogens with zero attached hydrogens (tertiary/aromatic N) is 1. The predicted octanol–water partition coefficient (Wildman–Crippen LogP) is 1.15. The highest BCUT2D eigenvalue weighted by Gasteiger charge is 2.29. The topological polar surface area (TPSA) is 32.3 Å². The van der Waals surface area contributed by atoms with E-state index in [4.69, 9.17) is 0 Å². The third kappa shape index (κ3) is 4.51. The molecule has 3 nitrogen and oxygen atoms in total. The number of carbonyl (C=O) groups is 1. The maximum Gasteiger partial charge on any atom is 0.401 e. The Balaban J connectivity index is 2.34. The maximum atomic E-state index is 11.9. The monoisotopic (exact) mass is 224 g/mol. The molecule has 0 aliphatic carbocycles. The molecule has 0 aromatic carbocycles. The Hall–Kier alpha value is -0.780. The predicted molar refractivity (Wildman–Crippen MR) is 49.3 cm³/mol. The summed E-state index contributed by atoms with van der Waals surface area (Å²) in [6, 6.07) is -0.232. The molecule has 0 aromatic heterocycles. The fourth-order valence-corrected chi connectivity index (χ4v) is 1.69. The van der Waals surface area contributed by atoms with Gasteiger partial charge >= 0.3 is 6.18 Å². The molecular formula is C9H15F3N2O. The van der Waals surface area contributed by atoms with Gasteiger partial charge in [-0.15, -0.1) is 0 Å². The van der Waals surface area contributed by atoms with Gasteiger partial charge < -0.3 is 10.2 Å². The van der Waals surface area contributed by atoms with E-state index in [0.29, 0.717) is 19.5 Å². The summed E-state index contributed by atoms with van der Waals surface area (Å²) in [6.07, 6.45) is -2.73. The minimum atomic E-state index is -4.18. The van der Waals surface area contributed by atoms with Crippen molar-refractivity contribution in [2.75, 3.05) is 19.6 Å². The first-order chi connectivity index (χ1) is 6.88. The van der Waals surface area contributed by atoms with Crippen molar-refractivity contribution in [2.24, 2.45) is 0 Å². The Morgan fingerprint density at radius 2 is 2.20 bits per heavy atom. The number of nitrogens with one attached hydrogen (secondary N) is 1. The number of likely N-dealkylation sites (tertiary alicyclic amines) is 1. The molecule has 1 aliphatic rings. The molecule has 1 aliphatic heterocycles. The number of amides is 1. The summed E-state index contributed by atoms with van der Waals surface area (Å²) in [7, 11) is 0. The van der Waals surface area contributed by atoms with Crippen molar-refractivity contribution in [3.05, 3.63) is 0 Å². The average Bonchev–Trinajstić information content (AvgIpc) is 2.14. The van der Waals surface area contributed by atoms with Crippen molar-refractivity contribution >= 4 is 5.91 Å². The van der Waals surface area contributed by atoms with Crippen LogP contribution in [-0.2, 0) is 4.79 Å². The summed E-state index contributed by atoms with van der Waals surface area (Å²) in [5.74, 6) is -0.0755. The van der Waals surface area contributed by atoms with E-state index in [1.807, 2.05) is 0 Å². The summed E-state index contributed by atoms with van der Waals surface area (Å²) >= 11 is 0. The molecule has 1 N–H and O–H groups in total. The highest BCUT2D eigenvalue weighted by atomic mass is 19.4. The lowest BCUT2D eigenvalue weighted by Gasteiger charge is -2.32. The molecule has 15 heavy (non-hydrogen) atoms. The SMILES string of the molecule is CC(=O)N1CCCC(NCC(F)(F)F)C1. The van der Waals surface area contributed by atoms with Crippen LogP contribution in [0.2, 0.25) is 0 Å². The summed E-state index contributed by atoms with van der Waals surface area (Å²) < 4.78 is 35.8. The number of hydrogen-bond donors (Lipinski definition) is 1. The lowest BCUT2D eigenvalue weighted by atomic mass is 10.1. The second-order valence-corrected chi connectivity index (χ2v) is 3.80. The van der Waals surface area contributed by atoms with Gasteiger partial charge in [0.2, 0.25) is 5.91 Å². The minimum Gasteiger partial charge on any atom is -0.341 e.